The Bertz CT molecular complexity index is 1340. The molecule has 0 unspecified atom stereocenters. The van der Waals surface area contributed by atoms with Crippen molar-refractivity contribution in [3.8, 4) is 0 Å². The number of nitro benzene ring substituents is 2. The van der Waals surface area contributed by atoms with E-state index in [0.29, 0.717) is 4.47 Å². The average Bonchev–Trinajstić information content (AvgIpc) is 2.75. The zero-order valence-electron chi connectivity index (χ0n) is 27.7. The molecule has 0 bridgehead atoms. The van der Waals surface area contributed by atoms with E-state index >= 15 is 0 Å². The van der Waals surface area contributed by atoms with E-state index in [0.717, 1.165) is 4.47 Å². The Hall–Kier alpha value is -2.99. The molecule has 0 radical (unpaired) electrons. The van der Waals surface area contributed by atoms with Crippen LogP contribution in [0.4, 0.5) is 37.1 Å². The molecule has 2 aromatic carbocycles. The fourth-order valence-corrected chi connectivity index (χ4v) is 3.22. The van der Waals surface area contributed by atoms with Gasteiger partial charge in [-0.3, -0.25) is 25.5 Å². The number of nitrogens with zero attached hydrogens (tertiary/aromatic N) is 2. The van der Waals surface area contributed by atoms with Crippen LogP contribution in [0, 0.1) is 20.2 Å². The Labute approximate surface area is 301 Å². The molecule has 0 saturated carbocycles. The molecule has 0 fully saturated rings. The number of nitrogens with one attached hydrogen (secondary N) is 1. The van der Waals surface area contributed by atoms with Crippen molar-refractivity contribution in [3.63, 3.8) is 0 Å². The second-order valence-corrected chi connectivity index (χ2v) is 13.4. The molecule has 0 atom stereocenters. The van der Waals surface area contributed by atoms with Crippen molar-refractivity contribution < 1.29 is 74.2 Å². The van der Waals surface area contributed by atoms with Gasteiger partial charge in [0.2, 0.25) is 0 Å². The van der Waals surface area contributed by atoms with E-state index in [-0.39, 0.29) is 53.7 Å². The zero-order chi connectivity index (χ0) is 34.6. The molecule has 2 rings (SSSR count). The zero-order valence-corrected chi connectivity index (χ0v) is 31.9. The van der Waals surface area contributed by atoms with Gasteiger partial charge in [-0.15, -0.1) is 0 Å². The summed E-state index contributed by atoms with van der Waals surface area (Å²) in [7, 11) is 0. The Morgan fingerprint density at radius 2 is 1.11 bits per heavy atom. The smallest absolute Gasteiger partial charge is 1.00 e. The molecule has 0 aliphatic rings. The van der Waals surface area contributed by atoms with Crippen LogP contribution < -0.4 is 40.6 Å². The van der Waals surface area contributed by atoms with Crippen molar-refractivity contribution in [2.24, 2.45) is 0 Å². The number of carbonyl (C=O) groups excluding carboxylic acids is 3. The van der Waals surface area contributed by atoms with Crippen LogP contribution >= 0.6 is 31.9 Å². The maximum atomic E-state index is 11.5. The van der Waals surface area contributed by atoms with Crippen LogP contribution in [0.15, 0.2) is 45.3 Å². The number of hydrogen-bond donors (Lipinski definition) is 2. The summed E-state index contributed by atoms with van der Waals surface area (Å²) in [6.45, 7) is 15.2. The number of hydrogen-bond acceptors (Lipinski definition) is 12. The van der Waals surface area contributed by atoms with Crippen LogP contribution in [0.25, 0.3) is 0 Å². The molecule has 2 aromatic rings. The summed E-state index contributed by atoms with van der Waals surface area (Å²) in [6, 6.07) is 8.71. The first-order valence-corrected chi connectivity index (χ1v) is 14.2. The van der Waals surface area contributed by atoms with E-state index < -0.39 is 45.1 Å². The molecule has 0 saturated heterocycles. The number of amides is 1. The van der Waals surface area contributed by atoms with Crippen molar-refractivity contribution in [1.29, 1.82) is 0 Å². The van der Waals surface area contributed by atoms with Crippen LogP contribution in [0.5, 0.6) is 0 Å². The molecule has 246 valence electrons. The largest absolute Gasteiger partial charge is 1.00 e. The SMILES string of the molecule is CC(C)(C)OC(=O)Nc1cc(Br)ccc1[N+](=O)[O-].CC(C)(C)OC(=O)OC(=O)OC(C)(C)C.Nc1cc(Br)ccc1[N+](=O)[O-].[H-].[Na+]. The van der Waals surface area contributed by atoms with Gasteiger partial charge in [0, 0.05) is 21.1 Å². The topological polar surface area (TPSA) is 212 Å². The molecule has 0 aliphatic carbocycles. The molecule has 15 nitrogen and oxygen atoms in total. The molecular weight excluding hydrogens is 739 g/mol. The number of ether oxygens (including phenoxy) is 4. The van der Waals surface area contributed by atoms with Crippen molar-refractivity contribution in [2.75, 3.05) is 11.1 Å². The third kappa shape index (κ3) is 21.4. The quantitative estimate of drug-likeness (QED) is 0.0738. The van der Waals surface area contributed by atoms with E-state index in [1.54, 1.807) is 68.4 Å². The van der Waals surface area contributed by atoms with E-state index in [1.807, 2.05) is 0 Å². The second-order valence-electron chi connectivity index (χ2n) is 11.5. The summed E-state index contributed by atoms with van der Waals surface area (Å²) in [5.41, 5.74) is 3.30. The Kier molecular flexibility index (Phi) is 18.5. The van der Waals surface area contributed by atoms with Gasteiger partial charge < -0.3 is 26.1 Å². The minimum Gasteiger partial charge on any atom is -1.00 e. The Morgan fingerprint density at radius 1 is 0.733 bits per heavy atom. The Balaban J connectivity index is -0.000000606. The third-order valence-corrected chi connectivity index (χ3v) is 4.91. The minimum atomic E-state index is -1.06. The summed E-state index contributed by atoms with van der Waals surface area (Å²) in [6.07, 6.45) is -2.85. The van der Waals surface area contributed by atoms with Gasteiger partial charge in [0.25, 0.3) is 11.4 Å². The van der Waals surface area contributed by atoms with Crippen molar-refractivity contribution in [2.45, 2.75) is 79.1 Å². The van der Waals surface area contributed by atoms with Crippen LogP contribution in [0.2, 0.25) is 0 Å². The van der Waals surface area contributed by atoms with Gasteiger partial charge in [0.15, 0.2) is 0 Å². The van der Waals surface area contributed by atoms with Gasteiger partial charge >= 0.3 is 48.0 Å². The van der Waals surface area contributed by atoms with Crippen LogP contribution in [-0.2, 0) is 18.9 Å². The predicted molar refractivity (Wildman–Crippen MR) is 171 cm³/mol. The minimum absolute atomic E-state index is 0. The van der Waals surface area contributed by atoms with E-state index in [1.165, 1.54) is 30.3 Å². The van der Waals surface area contributed by atoms with Crippen LogP contribution in [-0.4, -0.2) is 45.1 Å². The second kappa shape index (κ2) is 18.9. The maximum Gasteiger partial charge on any atom is 1.00 e. The number of rotatable bonds is 3. The van der Waals surface area contributed by atoms with Crippen molar-refractivity contribution >= 4 is 73.0 Å². The number of benzene rings is 2. The van der Waals surface area contributed by atoms with Crippen LogP contribution in [0.3, 0.4) is 0 Å². The summed E-state index contributed by atoms with van der Waals surface area (Å²) < 4.78 is 20.2. The molecule has 0 spiro atoms. The average molecular weight is 776 g/mol. The first-order chi connectivity index (χ1) is 19.8. The number of anilines is 2. The Morgan fingerprint density at radius 3 is 1.47 bits per heavy atom. The number of nitrogens with two attached hydrogens (primary N) is 1. The van der Waals surface area contributed by atoms with E-state index in [9.17, 15) is 34.6 Å². The van der Waals surface area contributed by atoms with Gasteiger partial charge in [0.1, 0.15) is 28.2 Å². The monoisotopic (exact) mass is 774 g/mol. The maximum absolute atomic E-state index is 11.5. The molecule has 18 heteroatoms. The number of nitro groups is 2. The number of halogens is 2. The third-order valence-electron chi connectivity index (χ3n) is 3.92. The standard InChI is InChI=1S/C11H13BrN2O4.C10H18O5.C6H5BrN2O2.Na.H/c1-11(2,3)18-10(15)13-8-6-7(12)4-5-9(8)14(16)17;1-9(2,3)14-7(11)13-8(12)15-10(4,5)6;7-4-1-2-6(9(10)11)5(8)3-4;;/h4-6H,1-3H3,(H,13,15);1-6H3;1-3H,8H2;;/q;;;+1;-1. The molecule has 1 amide bonds. The van der Waals surface area contributed by atoms with Crippen molar-refractivity contribution in [1.82, 2.24) is 0 Å². The molecular formula is C27H37Br2N4NaO11. The predicted octanol–water partition coefficient (Wildman–Crippen LogP) is 5.63. The number of carbonyl (C=O) groups is 3. The molecule has 0 aromatic heterocycles. The van der Waals surface area contributed by atoms with Gasteiger partial charge in [0.05, 0.1) is 9.85 Å². The molecule has 0 heterocycles. The fourth-order valence-electron chi connectivity index (χ4n) is 2.48. The summed E-state index contributed by atoms with van der Waals surface area (Å²) in [5.74, 6) is 0. The van der Waals surface area contributed by atoms with Gasteiger partial charge in [-0.05, 0) is 86.6 Å². The first-order valence-electron chi connectivity index (χ1n) is 12.6. The van der Waals surface area contributed by atoms with Crippen molar-refractivity contribution in [3.05, 3.63) is 65.6 Å². The van der Waals surface area contributed by atoms with Crippen LogP contribution in [0.1, 0.15) is 63.7 Å². The fraction of sp³-hybridized carbons (Fsp3) is 0.444. The summed E-state index contributed by atoms with van der Waals surface area (Å²) >= 11 is 6.32. The normalized spacial score (nSPS) is 10.6. The van der Waals surface area contributed by atoms with Gasteiger partial charge in [-0.1, -0.05) is 31.9 Å². The molecule has 45 heavy (non-hydrogen) atoms. The summed E-state index contributed by atoms with van der Waals surface area (Å²) in [4.78, 5) is 53.5. The molecule has 0 aliphatic heterocycles. The van der Waals surface area contributed by atoms with Gasteiger partial charge in [-0.2, -0.15) is 0 Å². The first kappa shape index (κ1) is 44.1. The van der Waals surface area contributed by atoms with E-state index in [2.05, 4.69) is 41.9 Å². The van der Waals surface area contributed by atoms with Gasteiger partial charge in [-0.25, -0.2) is 14.4 Å². The number of nitrogen functional groups attached to an aromatic ring is 1. The molecule has 3 N–H and O–H groups in total. The summed E-state index contributed by atoms with van der Waals surface area (Å²) in [5, 5.41) is 23.4. The van der Waals surface area contributed by atoms with E-state index in [4.69, 9.17) is 19.9 Å².